The van der Waals surface area contributed by atoms with E-state index in [0.29, 0.717) is 37.1 Å². The Balaban J connectivity index is 2.12. The molecule has 26 heavy (non-hydrogen) atoms. The van der Waals surface area contributed by atoms with Gasteiger partial charge in [-0.2, -0.15) is 0 Å². The number of likely N-dealkylation sites (tertiary alicyclic amines) is 1. The average molecular weight is 365 g/mol. The number of hydrogen-bond donors (Lipinski definition) is 2. The molecule has 0 spiro atoms. The molecule has 0 bridgehead atoms. The van der Waals surface area contributed by atoms with Crippen molar-refractivity contribution in [2.75, 3.05) is 41.0 Å². The third kappa shape index (κ3) is 5.25. The molecule has 0 radical (unpaired) electrons. The first-order valence-corrected chi connectivity index (χ1v) is 9.12. The highest BCUT2D eigenvalue weighted by atomic mass is 16.5. The zero-order chi connectivity index (χ0) is 18.9. The van der Waals surface area contributed by atoms with Crippen LogP contribution in [0.2, 0.25) is 0 Å². The quantitative estimate of drug-likeness (QED) is 0.690. The molecular formula is C19H31N3O4. The van der Waals surface area contributed by atoms with Gasteiger partial charge in [0.05, 0.1) is 21.3 Å². The molecule has 0 saturated carbocycles. The average Bonchev–Trinajstić information content (AvgIpc) is 2.67. The number of methoxy groups -OCH3 is 3. The Bertz CT molecular complexity index is 594. The van der Waals surface area contributed by atoms with E-state index in [1.165, 1.54) is 6.42 Å². The van der Waals surface area contributed by atoms with Gasteiger partial charge in [0.2, 0.25) is 5.91 Å². The summed E-state index contributed by atoms with van der Waals surface area (Å²) in [7, 11) is 4.90. The topological polar surface area (TPSA) is 86.0 Å². The third-order valence-corrected chi connectivity index (χ3v) is 4.82. The summed E-state index contributed by atoms with van der Waals surface area (Å²) >= 11 is 0. The van der Waals surface area contributed by atoms with E-state index in [-0.39, 0.29) is 5.91 Å². The van der Waals surface area contributed by atoms with Crippen molar-refractivity contribution in [1.29, 1.82) is 0 Å². The lowest BCUT2D eigenvalue weighted by Gasteiger charge is -2.36. The van der Waals surface area contributed by atoms with Gasteiger partial charge < -0.3 is 25.3 Å². The number of rotatable bonds is 9. The molecule has 1 aliphatic heterocycles. The number of ether oxygens (including phenoxy) is 3. The van der Waals surface area contributed by atoms with Crippen LogP contribution >= 0.6 is 0 Å². The van der Waals surface area contributed by atoms with Gasteiger partial charge in [0.15, 0.2) is 11.5 Å². The molecule has 1 aliphatic rings. The van der Waals surface area contributed by atoms with Crippen LogP contribution in [0.5, 0.6) is 17.2 Å². The van der Waals surface area contributed by atoms with Crippen molar-refractivity contribution in [2.45, 2.75) is 38.3 Å². The lowest BCUT2D eigenvalue weighted by atomic mass is 10.0. The van der Waals surface area contributed by atoms with Gasteiger partial charge in [-0.1, -0.05) is 6.42 Å². The van der Waals surface area contributed by atoms with E-state index >= 15 is 0 Å². The first kappa shape index (κ1) is 20.3. The van der Waals surface area contributed by atoms with Gasteiger partial charge in [0, 0.05) is 43.7 Å². The summed E-state index contributed by atoms with van der Waals surface area (Å²) in [5.41, 5.74) is 6.49. The number of hydrogen-bond acceptors (Lipinski definition) is 6. The molecule has 7 nitrogen and oxygen atoms in total. The van der Waals surface area contributed by atoms with Crippen LogP contribution in [0.15, 0.2) is 12.1 Å². The van der Waals surface area contributed by atoms with Crippen molar-refractivity contribution in [2.24, 2.45) is 5.73 Å². The van der Waals surface area contributed by atoms with Gasteiger partial charge in [-0.15, -0.1) is 0 Å². The summed E-state index contributed by atoms with van der Waals surface area (Å²) in [4.78, 5) is 14.1. The number of carbonyl (C=O) groups excluding carboxylic acids is 1. The first-order chi connectivity index (χ1) is 12.6. The summed E-state index contributed by atoms with van der Waals surface area (Å²) in [6.07, 6.45) is 3.77. The molecule has 1 aromatic rings. The van der Waals surface area contributed by atoms with Crippen molar-refractivity contribution in [3.63, 3.8) is 0 Å². The molecule has 1 atom stereocenters. The summed E-state index contributed by atoms with van der Waals surface area (Å²) in [6.45, 7) is 2.76. The Labute approximate surface area is 155 Å². The van der Waals surface area contributed by atoms with E-state index in [4.69, 9.17) is 19.9 Å². The van der Waals surface area contributed by atoms with E-state index < -0.39 is 0 Å². The van der Waals surface area contributed by atoms with Crippen LogP contribution < -0.4 is 25.3 Å². The highest BCUT2D eigenvalue weighted by Gasteiger charge is 2.24. The van der Waals surface area contributed by atoms with Gasteiger partial charge >= 0.3 is 0 Å². The number of amides is 1. The van der Waals surface area contributed by atoms with Gasteiger partial charge in [-0.05, 0) is 25.5 Å². The minimum absolute atomic E-state index is 0.0155. The van der Waals surface area contributed by atoms with Crippen LogP contribution in [0.25, 0.3) is 0 Å². The normalized spacial score (nSPS) is 17.6. The van der Waals surface area contributed by atoms with Gasteiger partial charge in [-0.25, -0.2) is 0 Å². The first-order valence-electron chi connectivity index (χ1n) is 9.12. The standard InChI is InChI=1S/C19H31N3O4/c1-24-16-11-18(26-3)17(25-2)10-14(16)13-22-9-5-4-6-15(22)12-21-19(23)7-8-20/h10-11,15H,4-9,12-13,20H2,1-3H3,(H,21,23). The van der Waals surface area contributed by atoms with Crippen molar-refractivity contribution >= 4 is 5.91 Å². The Morgan fingerprint density at radius 2 is 1.85 bits per heavy atom. The summed E-state index contributed by atoms with van der Waals surface area (Å²) in [5.74, 6) is 2.13. The SMILES string of the molecule is COc1cc(OC)c(OC)cc1CN1CCCCC1CNC(=O)CCN. The van der Waals surface area contributed by atoms with Crippen LogP contribution in [0, 0.1) is 0 Å². The molecule has 1 aromatic carbocycles. The van der Waals surface area contributed by atoms with Crippen molar-refractivity contribution in [3.05, 3.63) is 17.7 Å². The van der Waals surface area contributed by atoms with Crippen LogP contribution in [0.3, 0.4) is 0 Å². The minimum Gasteiger partial charge on any atom is -0.496 e. The molecule has 3 N–H and O–H groups in total. The Morgan fingerprint density at radius 1 is 1.15 bits per heavy atom. The van der Waals surface area contributed by atoms with Crippen molar-refractivity contribution in [3.8, 4) is 17.2 Å². The van der Waals surface area contributed by atoms with Gasteiger partial charge in [0.1, 0.15) is 5.75 Å². The molecule has 1 saturated heterocycles. The minimum atomic E-state index is 0.0155. The third-order valence-electron chi connectivity index (χ3n) is 4.82. The second kappa shape index (κ2) is 10.2. The number of nitrogens with two attached hydrogens (primary N) is 1. The lowest BCUT2D eigenvalue weighted by molar-refractivity contribution is -0.121. The second-order valence-corrected chi connectivity index (χ2v) is 6.48. The maximum absolute atomic E-state index is 11.7. The fourth-order valence-electron chi connectivity index (χ4n) is 3.39. The largest absolute Gasteiger partial charge is 0.496 e. The Kier molecular flexibility index (Phi) is 8.00. The van der Waals surface area contributed by atoms with E-state index in [9.17, 15) is 4.79 Å². The van der Waals surface area contributed by atoms with Crippen LogP contribution in [-0.2, 0) is 11.3 Å². The summed E-state index contributed by atoms with van der Waals surface area (Å²) in [6, 6.07) is 4.13. The molecule has 1 amide bonds. The highest BCUT2D eigenvalue weighted by molar-refractivity contribution is 5.76. The molecule has 1 unspecified atom stereocenters. The zero-order valence-electron chi connectivity index (χ0n) is 16.0. The van der Waals surface area contributed by atoms with Crippen LogP contribution in [0.1, 0.15) is 31.2 Å². The summed E-state index contributed by atoms with van der Waals surface area (Å²) in [5, 5.41) is 3.00. The van der Waals surface area contributed by atoms with E-state index in [1.54, 1.807) is 21.3 Å². The molecule has 1 fully saturated rings. The smallest absolute Gasteiger partial charge is 0.221 e. The van der Waals surface area contributed by atoms with Gasteiger partial charge in [0.25, 0.3) is 0 Å². The van der Waals surface area contributed by atoms with Crippen molar-refractivity contribution < 1.29 is 19.0 Å². The maximum atomic E-state index is 11.7. The van der Waals surface area contributed by atoms with E-state index in [2.05, 4.69) is 10.2 Å². The fourth-order valence-corrected chi connectivity index (χ4v) is 3.39. The van der Waals surface area contributed by atoms with E-state index in [1.807, 2.05) is 12.1 Å². The molecule has 1 heterocycles. The monoisotopic (exact) mass is 365 g/mol. The van der Waals surface area contributed by atoms with Crippen molar-refractivity contribution in [1.82, 2.24) is 10.2 Å². The Morgan fingerprint density at radius 3 is 2.50 bits per heavy atom. The zero-order valence-corrected chi connectivity index (χ0v) is 16.0. The Hall–Kier alpha value is -1.99. The lowest BCUT2D eigenvalue weighted by Crippen LogP contribution is -2.46. The number of benzene rings is 1. The predicted molar refractivity (Wildman–Crippen MR) is 101 cm³/mol. The number of piperidine rings is 1. The molecule has 0 aliphatic carbocycles. The molecule has 146 valence electrons. The molecule has 2 rings (SSSR count). The number of nitrogens with zero attached hydrogens (tertiary/aromatic N) is 1. The van der Waals surface area contributed by atoms with Crippen LogP contribution in [0.4, 0.5) is 0 Å². The molecular weight excluding hydrogens is 334 g/mol. The number of carbonyl (C=O) groups is 1. The predicted octanol–water partition coefficient (Wildman–Crippen LogP) is 1.53. The second-order valence-electron chi connectivity index (χ2n) is 6.48. The fraction of sp³-hybridized carbons (Fsp3) is 0.632. The maximum Gasteiger partial charge on any atom is 0.221 e. The molecule has 7 heteroatoms. The van der Waals surface area contributed by atoms with E-state index in [0.717, 1.165) is 37.2 Å². The van der Waals surface area contributed by atoms with Crippen LogP contribution in [-0.4, -0.2) is 57.8 Å². The highest BCUT2D eigenvalue weighted by Crippen LogP contribution is 2.36. The number of nitrogens with one attached hydrogen (secondary N) is 1. The summed E-state index contributed by atoms with van der Waals surface area (Å²) < 4.78 is 16.3. The van der Waals surface area contributed by atoms with Gasteiger partial charge in [-0.3, -0.25) is 9.69 Å². The molecule has 0 aromatic heterocycles.